The summed E-state index contributed by atoms with van der Waals surface area (Å²) in [5.74, 6) is 0.898. The van der Waals surface area contributed by atoms with Gasteiger partial charge in [0.1, 0.15) is 0 Å². The minimum atomic E-state index is -2.56. The summed E-state index contributed by atoms with van der Waals surface area (Å²) >= 11 is 0. The molecule has 0 N–H and O–H groups in total. The predicted molar refractivity (Wildman–Crippen MR) is 88.4 cm³/mol. The first-order chi connectivity index (χ1) is 10.6. The molecule has 8 heteroatoms. The van der Waals surface area contributed by atoms with Gasteiger partial charge in [0.2, 0.25) is 10.9 Å². The molecule has 4 rings (SSSR count). The Kier molecular flexibility index (Phi) is 3.02. The highest BCUT2D eigenvalue weighted by Crippen LogP contribution is 2.72. The summed E-state index contributed by atoms with van der Waals surface area (Å²) in [4.78, 5) is 13.4. The molecule has 0 bridgehead atoms. The van der Waals surface area contributed by atoms with Crippen LogP contribution in [0, 0.1) is 0 Å². The lowest BCUT2D eigenvalue weighted by atomic mass is 10.2. The van der Waals surface area contributed by atoms with Gasteiger partial charge in [0.05, 0.1) is 15.8 Å². The van der Waals surface area contributed by atoms with Gasteiger partial charge in [-0.3, -0.25) is 13.8 Å². The second-order valence-corrected chi connectivity index (χ2v) is 10.0. The third-order valence-electron chi connectivity index (χ3n) is 3.91. The highest BCUT2D eigenvalue weighted by atomic mass is 33.2. The van der Waals surface area contributed by atoms with Gasteiger partial charge in [0.25, 0.3) is 5.56 Å². The van der Waals surface area contributed by atoms with Gasteiger partial charge in [-0.15, -0.1) is 10.2 Å². The largest absolute Gasteiger partial charge is 0.276 e. The van der Waals surface area contributed by atoms with E-state index in [0.717, 1.165) is 17.2 Å². The van der Waals surface area contributed by atoms with E-state index in [0.29, 0.717) is 39.0 Å². The first-order valence-electron chi connectivity index (χ1n) is 7.21. The van der Waals surface area contributed by atoms with Gasteiger partial charge in [-0.2, -0.15) is 3.89 Å². The average Bonchev–Trinajstić information content (AvgIpc) is 2.94. The first kappa shape index (κ1) is 14.1. The molecule has 0 saturated heterocycles. The summed E-state index contributed by atoms with van der Waals surface area (Å²) in [6, 6.07) is 5.33. The molecule has 0 spiro atoms. The molecule has 1 aromatic carbocycles. The minimum Gasteiger partial charge on any atom is -0.276 e. The van der Waals surface area contributed by atoms with Crippen LogP contribution < -0.4 is 5.56 Å². The number of hydrogen-bond acceptors (Lipinski definition) is 4. The molecule has 0 aliphatic carbocycles. The molecule has 0 saturated carbocycles. The van der Waals surface area contributed by atoms with Gasteiger partial charge in [-0.25, -0.2) is 0 Å². The maximum Gasteiger partial charge on any atom is 0.262 e. The Bertz CT molecular complexity index is 967. The van der Waals surface area contributed by atoms with Crippen LogP contribution in [0.5, 0.6) is 0 Å². The SMILES string of the molecule is CCCn1c(=O)c2cccc3c2n2c(nnc12)SS3(F)CC. The van der Waals surface area contributed by atoms with E-state index in [1.165, 1.54) is 0 Å². The Labute approximate surface area is 131 Å². The second-order valence-electron chi connectivity index (χ2n) is 5.19. The zero-order chi connectivity index (χ0) is 15.5. The van der Waals surface area contributed by atoms with Gasteiger partial charge in [0.15, 0.2) is 0 Å². The van der Waals surface area contributed by atoms with Crippen molar-refractivity contribution >= 4 is 36.9 Å². The Morgan fingerprint density at radius 2 is 2.14 bits per heavy atom. The van der Waals surface area contributed by atoms with Gasteiger partial charge >= 0.3 is 0 Å². The van der Waals surface area contributed by atoms with Crippen molar-refractivity contribution in [1.29, 1.82) is 0 Å². The van der Waals surface area contributed by atoms with E-state index in [1.807, 2.05) is 18.2 Å². The van der Waals surface area contributed by atoms with E-state index in [-0.39, 0.29) is 5.56 Å². The van der Waals surface area contributed by atoms with Crippen molar-refractivity contribution in [1.82, 2.24) is 19.2 Å². The molecule has 3 aromatic rings. The standard InChI is InChI=1S/C14H15FN4OS2/c1-3-8-18-12(20)9-6-5-7-10-11(9)19-13(18)16-17-14(19)21-22(10,15)4-2/h5-7H,3-4,8H2,1-2H3. The van der Waals surface area contributed by atoms with E-state index in [9.17, 15) is 4.79 Å². The van der Waals surface area contributed by atoms with Crippen LogP contribution in [0.15, 0.2) is 33.0 Å². The zero-order valence-corrected chi connectivity index (χ0v) is 13.9. The highest BCUT2D eigenvalue weighted by molar-refractivity contribution is 8.92. The summed E-state index contributed by atoms with van der Waals surface area (Å²) in [5, 5.41) is 9.38. The Morgan fingerprint density at radius 3 is 2.86 bits per heavy atom. The van der Waals surface area contributed by atoms with Gasteiger partial charge in [-0.1, -0.05) is 19.9 Å². The van der Waals surface area contributed by atoms with Crippen LogP contribution in [0.2, 0.25) is 0 Å². The van der Waals surface area contributed by atoms with Crippen molar-refractivity contribution in [2.24, 2.45) is 0 Å². The lowest BCUT2D eigenvalue weighted by Gasteiger charge is -2.32. The highest BCUT2D eigenvalue weighted by Gasteiger charge is 2.36. The Morgan fingerprint density at radius 1 is 1.32 bits per heavy atom. The van der Waals surface area contributed by atoms with Gasteiger partial charge in [0, 0.05) is 12.3 Å². The number of nitrogens with zero attached hydrogens (tertiary/aromatic N) is 4. The quantitative estimate of drug-likeness (QED) is 0.686. The monoisotopic (exact) mass is 338 g/mol. The number of benzene rings is 1. The molecular weight excluding hydrogens is 323 g/mol. The summed E-state index contributed by atoms with van der Waals surface area (Å²) in [5.41, 5.74) is 0.530. The molecule has 1 atom stereocenters. The summed E-state index contributed by atoms with van der Waals surface area (Å²) < 4.78 is 18.9. The summed E-state index contributed by atoms with van der Waals surface area (Å²) in [6.07, 6.45) is 0.823. The number of para-hydroxylation sites is 1. The van der Waals surface area contributed by atoms with Crippen LogP contribution in [0.4, 0.5) is 3.89 Å². The molecule has 0 fully saturated rings. The van der Waals surface area contributed by atoms with Crippen LogP contribution >= 0.6 is 20.2 Å². The summed E-state index contributed by atoms with van der Waals surface area (Å²) in [7, 11) is -1.40. The smallest absolute Gasteiger partial charge is 0.262 e. The van der Waals surface area contributed by atoms with E-state index in [2.05, 4.69) is 10.2 Å². The Balaban J connectivity index is 2.26. The Hall–Kier alpha value is -1.54. The molecule has 1 aliphatic heterocycles. The van der Waals surface area contributed by atoms with Gasteiger partial charge < -0.3 is 0 Å². The fourth-order valence-corrected chi connectivity index (χ4v) is 6.80. The molecular formula is C14H15FN4OS2. The molecule has 2 aromatic heterocycles. The number of halogens is 1. The fourth-order valence-electron chi connectivity index (χ4n) is 2.90. The number of rotatable bonds is 3. The normalized spacial score (nSPS) is 23.2. The zero-order valence-electron chi connectivity index (χ0n) is 12.2. The van der Waals surface area contributed by atoms with Crippen LogP contribution in [-0.4, -0.2) is 24.9 Å². The number of hydrogen-bond donors (Lipinski definition) is 0. The predicted octanol–water partition coefficient (Wildman–Crippen LogP) is 3.54. The lowest BCUT2D eigenvalue weighted by Crippen LogP contribution is -2.24. The molecule has 1 unspecified atom stereocenters. The molecule has 3 heterocycles. The maximum atomic E-state index is 15.4. The van der Waals surface area contributed by atoms with E-state index < -0.39 is 9.45 Å². The van der Waals surface area contributed by atoms with Crippen molar-refractivity contribution in [2.45, 2.75) is 36.9 Å². The van der Waals surface area contributed by atoms with E-state index in [1.54, 1.807) is 22.8 Å². The van der Waals surface area contributed by atoms with Crippen molar-refractivity contribution in [2.75, 3.05) is 5.75 Å². The molecule has 0 radical (unpaired) electrons. The van der Waals surface area contributed by atoms with Crippen molar-refractivity contribution in [3.05, 3.63) is 28.6 Å². The first-order valence-corrected chi connectivity index (χ1v) is 10.2. The third-order valence-corrected chi connectivity index (χ3v) is 8.80. The van der Waals surface area contributed by atoms with Crippen molar-refractivity contribution in [3.63, 3.8) is 0 Å². The van der Waals surface area contributed by atoms with Gasteiger partial charge in [-0.05, 0) is 38.8 Å². The fraction of sp³-hybridized carbons (Fsp3) is 0.357. The second kappa shape index (κ2) is 4.73. The van der Waals surface area contributed by atoms with Crippen molar-refractivity contribution in [3.8, 4) is 0 Å². The topological polar surface area (TPSA) is 52.2 Å². The third kappa shape index (κ3) is 1.65. The molecule has 5 nitrogen and oxygen atoms in total. The number of aromatic nitrogens is 4. The molecule has 22 heavy (non-hydrogen) atoms. The number of aryl methyl sites for hydroxylation is 1. The van der Waals surface area contributed by atoms with Crippen molar-refractivity contribution < 1.29 is 3.89 Å². The average molecular weight is 338 g/mol. The van der Waals surface area contributed by atoms with Crippen LogP contribution in [0.1, 0.15) is 20.3 Å². The lowest BCUT2D eigenvalue weighted by molar-refractivity contribution is 0.661. The van der Waals surface area contributed by atoms with Crippen LogP contribution in [0.3, 0.4) is 0 Å². The molecule has 116 valence electrons. The molecule has 1 aliphatic rings. The summed E-state index contributed by atoms with van der Waals surface area (Å²) in [6.45, 7) is 4.42. The van der Waals surface area contributed by atoms with Crippen LogP contribution in [0.25, 0.3) is 16.7 Å². The van der Waals surface area contributed by atoms with Crippen LogP contribution in [-0.2, 0) is 6.54 Å². The maximum absolute atomic E-state index is 15.4. The van der Waals surface area contributed by atoms with E-state index >= 15 is 3.89 Å². The van der Waals surface area contributed by atoms with E-state index in [4.69, 9.17) is 0 Å². The molecule has 0 amide bonds. The minimum absolute atomic E-state index is 0.116.